The Balaban J connectivity index is 2.05. The Bertz CT molecular complexity index is 475. The molecule has 1 aliphatic heterocycles. The fourth-order valence-corrected chi connectivity index (χ4v) is 2.47. The van der Waals surface area contributed by atoms with Crippen molar-refractivity contribution in [1.82, 2.24) is 9.88 Å². The number of aromatic nitrogens is 1. The Hall–Kier alpha value is -1.37. The first-order valence-corrected chi connectivity index (χ1v) is 7.07. The predicted octanol–water partition coefficient (Wildman–Crippen LogP) is 1.66. The van der Waals surface area contributed by atoms with Crippen LogP contribution in [0, 0.1) is 0 Å². The van der Waals surface area contributed by atoms with Crippen LogP contribution in [0.15, 0.2) is 12.1 Å². The van der Waals surface area contributed by atoms with Gasteiger partial charge in [0, 0.05) is 19.7 Å². The molecule has 0 aliphatic carbocycles. The van der Waals surface area contributed by atoms with E-state index >= 15 is 0 Å². The van der Waals surface area contributed by atoms with Crippen LogP contribution in [0.2, 0.25) is 5.02 Å². The fraction of sp³-hybridized carbons (Fsp3) is 0.538. The van der Waals surface area contributed by atoms with Crippen LogP contribution >= 0.6 is 11.6 Å². The Kier molecular flexibility index (Phi) is 5.17. The molecule has 3 N–H and O–H groups in total. The number of ether oxygens (including phenoxy) is 1. The number of nitrogen functional groups attached to an aromatic ring is 1. The van der Waals surface area contributed by atoms with Gasteiger partial charge in [-0.15, -0.1) is 0 Å². The number of hydrogen-bond donors (Lipinski definition) is 2. The molecule has 110 valence electrons. The van der Waals surface area contributed by atoms with Crippen molar-refractivity contribution in [2.45, 2.75) is 25.9 Å². The van der Waals surface area contributed by atoms with Crippen molar-refractivity contribution in [2.24, 2.45) is 5.84 Å². The molecule has 1 aliphatic rings. The zero-order valence-corrected chi connectivity index (χ0v) is 12.2. The Morgan fingerprint density at radius 2 is 2.25 bits per heavy atom. The summed E-state index contributed by atoms with van der Waals surface area (Å²) in [5.74, 6) is 5.56. The van der Waals surface area contributed by atoms with Crippen LogP contribution < -0.4 is 11.3 Å². The van der Waals surface area contributed by atoms with E-state index in [1.165, 1.54) is 0 Å². The van der Waals surface area contributed by atoms with Crippen LogP contribution in [0.3, 0.4) is 0 Å². The van der Waals surface area contributed by atoms with Gasteiger partial charge in [-0.2, -0.15) is 0 Å². The molecule has 0 spiro atoms. The number of piperidine rings is 1. The van der Waals surface area contributed by atoms with Crippen molar-refractivity contribution in [1.29, 1.82) is 0 Å². The van der Waals surface area contributed by atoms with Gasteiger partial charge < -0.3 is 15.1 Å². The highest BCUT2D eigenvalue weighted by atomic mass is 35.5. The summed E-state index contributed by atoms with van der Waals surface area (Å²) in [6.45, 7) is 3.99. The topological polar surface area (TPSA) is 80.5 Å². The van der Waals surface area contributed by atoms with Gasteiger partial charge in [0.05, 0.1) is 11.1 Å². The highest BCUT2D eigenvalue weighted by molar-refractivity contribution is 6.33. The second-order valence-electron chi connectivity index (χ2n) is 4.62. The first-order chi connectivity index (χ1) is 9.65. The monoisotopic (exact) mass is 298 g/mol. The Morgan fingerprint density at radius 1 is 1.55 bits per heavy atom. The Labute approximate surface area is 123 Å². The lowest BCUT2D eigenvalue weighted by Gasteiger charge is -2.31. The summed E-state index contributed by atoms with van der Waals surface area (Å²) in [6, 6.07) is 3.24. The van der Waals surface area contributed by atoms with E-state index in [9.17, 15) is 4.79 Å². The van der Waals surface area contributed by atoms with Crippen molar-refractivity contribution in [2.75, 3.05) is 25.1 Å². The minimum absolute atomic E-state index is 0.165. The number of pyridine rings is 1. The molecule has 0 aromatic carbocycles. The maximum absolute atomic E-state index is 12.4. The molecule has 1 amide bonds. The van der Waals surface area contributed by atoms with Gasteiger partial charge in [-0.05, 0) is 31.9 Å². The SMILES string of the molecule is CCOC1CCN(C(=O)c2nc(NN)ccc2Cl)CC1. The summed E-state index contributed by atoms with van der Waals surface area (Å²) in [7, 11) is 0. The molecule has 1 aromatic heterocycles. The zero-order chi connectivity index (χ0) is 14.5. The van der Waals surface area contributed by atoms with Gasteiger partial charge in [-0.3, -0.25) is 4.79 Å². The molecule has 2 rings (SSSR count). The molecule has 20 heavy (non-hydrogen) atoms. The molecule has 0 radical (unpaired) electrons. The third-order valence-corrected chi connectivity index (χ3v) is 3.63. The van der Waals surface area contributed by atoms with Crippen molar-refractivity contribution in [3.8, 4) is 0 Å². The van der Waals surface area contributed by atoms with Crippen LogP contribution in [0.25, 0.3) is 0 Å². The average molecular weight is 299 g/mol. The van der Waals surface area contributed by atoms with E-state index in [2.05, 4.69) is 10.4 Å². The van der Waals surface area contributed by atoms with Crippen molar-refractivity contribution < 1.29 is 9.53 Å². The normalized spacial score (nSPS) is 16.2. The number of hydrogen-bond acceptors (Lipinski definition) is 5. The number of nitrogens with zero attached hydrogens (tertiary/aromatic N) is 2. The van der Waals surface area contributed by atoms with E-state index in [1.807, 2.05) is 6.92 Å². The Morgan fingerprint density at radius 3 is 2.85 bits per heavy atom. The first-order valence-electron chi connectivity index (χ1n) is 6.69. The third kappa shape index (κ3) is 3.39. The predicted molar refractivity (Wildman–Crippen MR) is 77.6 cm³/mol. The van der Waals surface area contributed by atoms with Crippen LogP contribution in [0.5, 0.6) is 0 Å². The molecule has 0 unspecified atom stereocenters. The van der Waals surface area contributed by atoms with E-state index < -0.39 is 0 Å². The molecular formula is C13H19ClN4O2. The lowest BCUT2D eigenvalue weighted by atomic mass is 10.1. The number of nitrogens with one attached hydrogen (secondary N) is 1. The summed E-state index contributed by atoms with van der Waals surface area (Å²) < 4.78 is 5.57. The number of hydrazine groups is 1. The lowest BCUT2D eigenvalue weighted by molar-refractivity contribution is 0.0144. The second-order valence-corrected chi connectivity index (χ2v) is 5.03. The minimum atomic E-state index is -0.165. The summed E-state index contributed by atoms with van der Waals surface area (Å²) >= 11 is 6.04. The quantitative estimate of drug-likeness (QED) is 0.653. The summed E-state index contributed by atoms with van der Waals surface area (Å²) in [4.78, 5) is 18.3. The molecule has 1 aromatic rings. The molecule has 1 saturated heterocycles. The lowest BCUT2D eigenvalue weighted by Crippen LogP contribution is -2.41. The van der Waals surface area contributed by atoms with E-state index in [-0.39, 0.29) is 17.7 Å². The van der Waals surface area contributed by atoms with Gasteiger partial charge in [0.2, 0.25) is 0 Å². The smallest absolute Gasteiger partial charge is 0.274 e. The number of likely N-dealkylation sites (tertiary alicyclic amines) is 1. The molecule has 0 bridgehead atoms. The van der Waals surface area contributed by atoms with Gasteiger partial charge in [0.25, 0.3) is 5.91 Å². The van der Waals surface area contributed by atoms with Gasteiger partial charge in [-0.1, -0.05) is 11.6 Å². The maximum atomic E-state index is 12.4. The van der Waals surface area contributed by atoms with Crippen LogP contribution in [-0.2, 0) is 4.74 Å². The molecule has 6 nitrogen and oxygen atoms in total. The molecule has 7 heteroatoms. The number of carbonyl (C=O) groups is 1. The van der Waals surface area contributed by atoms with Crippen LogP contribution in [0.4, 0.5) is 5.82 Å². The molecule has 1 fully saturated rings. The summed E-state index contributed by atoms with van der Waals surface area (Å²) in [6.07, 6.45) is 1.92. The number of nitrogens with two attached hydrogens (primary N) is 1. The van der Waals surface area contributed by atoms with Crippen LogP contribution in [0.1, 0.15) is 30.3 Å². The number of anilines is 1. The van der Waals surface area contributed by atoms with E-state index in [0.29, 0.717) is 30.5 Å². The highest BCUT2D eigenvalue weighted by Gasteiger charge is 2.26. The van der Waals surface area contributed by atoms with Crippen LogP contribution in [-0.4, -0.2) is 41.6 Å². The first kappa shape index (κ1) is 15.0. The molecule has 2 heterocycles. The number of amides is 1. The number of rotatable bonds is 4. The fourth-order valence-electron chi connectivity index (χ4n) is 2.28. The van der Waals surface area contributed by atoms with E-state index in [4.69, 9.17) is 22.2 Å². The van der Waals surface area contributed by atoms with Gasteiger partial charge in [0.15, 0.2) is 0 Å². The number of halogens is 1. The van der Waals surface area contributed by atoms with Gasteiger partial charge in [0.1, 0.15) is 11.5 Å². The van der Waals surface area contributed by atoms with Crippen molar-refractivity contribution >= 4 is 23.3 Å². The largest absolute Gasteiger partial charge is 0.378 e. The minimum Gasteiger partial charge on any atom is -0.378 e. The van der Waals surface area contributed by atoms with Crippen molar-refractivity contribution in [3.63, 3.8) is 0 Å². The third-order valence-electron chi connectivity index (χ3n) is 3.33. The molecular weight excluding hydrogens is 280 g/mol. The van der Waals surface area contributed by atoms with Gasteiger partial charge >= 0.3 is 0 Å². The zero-order valence-electron chi connectivity index (χ0n) is 11.4. The van der Waals surface area contributed by atoms with E-state index in [0.717, 1.165) is 12.8 Å². The standard InChI is InChI=1S/C13H19ClN4O2/c1-2-20-9-5-7-18(8-6-9)13(19)12-10(14)3-4-11(16-12)17-15/h3-4,9H,2,5-8,15H2,1H3,(H,16,17). The van der Waals surface area contributed by atoms with Gasteiger partial charge in [-0.25, -0.2) is 10.8 Å². The summed E-state index contributed by atoms with van der Waals surface area (Å²) in [5.41, 5.74) is 2.65. The summed E-state index contributed by atoms with van der Waals surface area (Å²) in [5, 5.41) is 0.334. The highest BCUT2D eigenvalue weighted by Crippen LogP contribution is 2.21. The van der Waals surface area contributed by atoms with Crippen molar-refractivity contribution in [3.05, 3.63) is 22.8 Å². The second kappa shape index (κ2) is 6.88. The average Bonchev–Trinajstić information content (AvgIpc) is 2.48. The van der Waals surface area contributed by atoms with E-state index in [1.54, 1.807) is 17.0 Å². The molecule has 0 atom stereocenters. The molecule has 0 saturated carbocycles. The maximum Gasteiger partial charge on any atom is 0.274 e. The number of carbonyl (C=O) groups excluding carboxylic acids is 1.